The van der Waals surface area contributed by atoms with Crippen LogP contribution in [0.2, 0.25) is 5.02 Å². The molecular weight excluding hydrogens is 220 g/mol. The molecule has 86 valence electrons. The first-order valence-corrected chi connectivity index (χ1v) is 6.36. The predicted molar refractivity (Wildman–Crippen MR) is 69.0 cm³/mol. The number of anilines is 2. The third-order valence-electron chi connectivity index (χ3n) is 4.03. The van der Waals surface area contributed by atoms with Gasteiger partial charge in [-0.15, -0.1) is 0 Å². The predicted octanol–water partition coefficient (Wildman–Crippen LogP) is 3.30. The number of hydrogen-bond donors (Lipinski definition) is 1. The summed E-state index contributed by atoms with van der Waals surface area (Å²) >= 11 is 6.21. The van der Waals surface area contributed by atoms with Crippen LogP contribution in [0.3, 0.4) is 0 Å². The maximum absolute atomic E-state index is 6.21. The first-order valence-electron chi connectivity index (χ1n) is 5.99. The Morgan fingerprint density at radius 3 is 2.50 bits per heavy atom. The Bertz CT molecular complexity index is 402. The number of nitrogen functional groups attached to an aromatic ring is 1. The van der Waals surface area contributed by atoms with Crippen LogP contribution in [0.5, 0.6) is 0 Å². The monoisotopic (exact) mass is 236 g/mol. The van der Waals surface area contributed by atoms with E-state index in [-0.39, 0.29) is 0 Å². The second-order valence-corrected chi connectivity index (χ2v) is 5.68. The van der Waals surface area contributed by atoms with Crippen LogP contribution in [0.4, 0.5) is 11.4 Å². The molecule has 1 aliphatic heterocycles. The molecule has 1 heterocycles. The Labute approximate surface area is 101 Å². The summed E-state index contributed by atoms with van der Waals surface area (Å²) in [6.45, 7) is 2.35. The fraction of sp³-hybridized carbons (Fsp3) is 0.538. The number of hydrogen-bond acceptors (Lipinski definition) is 2. The van der Waals surface area contributed by atoms with Crippen molar-refractivity contribution >= 4 is 23.0 Å². The Balaban J connectivity index is 1.76. The summed E-state index contributed by atoms with van der Waals surface area (Å²) in [5.41, 5.74) is 8.20. The maximum Gasteiger partial charge on any atom is 0.0660 e. The molecule has 1 aromatic rings. The number of nitrogens with two attached hydrogens (primary N) is 1. The largest absolute Gasteiger partial charge is 0.399 e. The van der Waals surface area contributed by atoms with Gasteiger partial charge in [-0.25, -0.2) is 0 Å². The molecule has 3 heteroatoms. The van der Waals surface area contributed by atoms with Crippen LogP contribution >= 0.6 is 11.6 Å². The lowest BCUT2D eigenvalue weighted by Crippen LogP contribution is -2.55. The van der Waals surface area contributed by atoms with Crippen molar-refractivity contribution in [2.45, 2.75) is 25.7 Å². The first kappa shape index (κ1) is 10.3. The van der Waals surface area contributed by atoms with Gasteiger partial charge in [0.2, 0.25) is 0 Å². The van der Waals surface area contributed by atoms with E-state index in [0.29, 0.717) is 5.41 Å². The molecule has 2 fully saturated rings. The van der Waals surface area contributed by atoms with Crippen molar-refractivity contribution in [2.24, 2.45) is 5.41 Å². The Hall–Kier alpha value is -0.890. The molecule has 1 saturated carbocycles. The van der Waals surface area contributed by atoms with E-state index in [9.17, 15) is 0 Å². The number of nitrogens with zero attached hydrogens (tertiary/aromatic N) is 1. The number of benzene rings is 1. The summed E-state index contributed by atoms with van der Waals surface area (Å²) < 4.78 is 0. The van der Waals surface area contributed by atoms with Gasteiger partial charge in [-0.2, -0.15) is 0 Å². The molecule has 3 rings (SSSR count). The van der Waals surface area contributed by atoms with Gasteiger partial charge in [-0.05, 0) is 31.0 Å². The quantitative estimate of drug-likeness (QED) is 0.759. The van der Waals surface area contributed by atoms with Crippen LogP contribution in [-0.4, -0.2) is 13.1 Å². The molecule has 0 atom stereocenters. The average Bonchev–Trinajstić information content (AvgIpc) is 2.65. The average molecular weight is 237 g/mol. The lowest BCUT2D eigenvalue weighted by atomic mass is 9.78. The topological polar surface area (TPSA) is 29.3 Å². The van der Waals surface area contributed by atoms with Crippen molar-refractivity contribution < 1.29 is 0 Å². The standard InChI is InChI=1S/C13H17ClN2/c14-11-7-10(15)3-4-12(11)16-8-13(9-16)5-1-2-6-13/h3-4,7H,1-2,5-6,8-9,15H2. The molecule has 16 heavy (non-hydrogen) atoms. The molecule has 1 aromatic carbocycles. The summed E-state index contributed by atoms with van der Waals surface area (Å²) in [5.74, 6) is 0. The molecule has 1 saturated heterocycles. The smallest absolute Gasteiger partial charge is 0.0660 e. The second kappa shape index (κ2) is 3.56. The van der Waals surface area contributed by atoms with E-state index < -0.39 is 0 Å². The molecule has 1 spiro atoms. The summed E-state index contributed by atoms with van der Waals surface area (Å²) in [5, 5.41) is 0.785. The van der Waals surface area contributed by atoms with Crippen LogP contribution in [0.15, 0.2) is 18.2 Å². The summed E-state index contributed by atoms with van der Waals surface area (Å²) in [6, 6.07) is 5.82. The van der Waals surface area contributed by atoms with Gasteiger partial charge in [0.15, 0.2) is 0 Å². The number of rotatable bonds is 1. The van der Waals surface area contributed by atoms with Crippen LogP contribution in [0.25, 0.3) is 0 Å². The second-order valence-electron chi connectivity index (χ2n) is 5.27. The van der Waals surface area contributed by atoms with Crippen molar-refractivity contribution in [3.63, 3.8) is 0 Å². The highest BCUT2D eigenvalue weighted by Gasteiger charge is 2.44. The molecule has 0 radical (unpaired) electrons. The van der Waals surface area contributed by atoms with E-state index in [1.165, 1.54) is 38.8 Å². The summed E-state index contributed by atoms with van der Waals surface area (Å²) in [6.07, 6.45) is 5.61. The maximum atomic E-state index is 6.21. The zero-order valence-corrected chi connectivity index (χ0v) is 10.1. The third kappa shape index (κ3) is 1.56. The van der Waals surface area contributed by atoms with E-state index >= 15 is 0 Å². The minimum atomic E-state index is 0.616. The van der Waals surface area contributed by atoms with Crippen molar-refractivity contribution in [1.82, 2.24) is 0 Å². The van der Waals surface area contributed by atoms with E-state index in [1.807, 2.05) is 18.2 Å². The van der Waals surface area contributed by atoms with Gasteiger partial charge in [0.25, 0.3) is 0 Å². The van der Waals surface area contributed by atoms with Gasteiger partial charge in [0.1, 0.15) is 0 Å². The first-order chi connectivity index (χ1) is 7.69. The Kier molecular flexibility index (Phi) is 2.28. The van der Waals surface area contributed by atoms with Crippen LogP contribution in [0.1, 0.15) is 25.7 Å². The van der Waals surface area contributed by atoms with Crippen molar-refractivity contribution in [1.29, 1.82) is 0 Å². The fourth-order valence-electron chi connectivity index (χ4n) is 3.15. The molecule has 0 unspecified atom stereocenters. The Morgan fingerprint density at radius 1 is 1.19 bits per heavy atom. The fourth-order valence-corrected chi connectivity index (χ4v) is 3.46. The van der Waals surface area contributed by atoms with Gasteiger partial charge in [-0.3, -0.25) is 0 Å². The van der Waals surface area contributed by atoms with Gasteiger partial charge in [-0.1, -0.05) is 24.4 Å². The van der Waals surface area contributed by atoms with E-state index in [2.05, 4.69) is 4.90 Å². The Morgan fingerprint density at radius 2 is 1.88 bits per heavy atom. The van der Waals surface area contributed by atoms with E-state index in [1.54, 1.807) is 0 Å². The van der Waals surface area contributed by atoms with Gasteiger partial charge < -0.3 is 10.6 Å². The molecule has 0 bridgehead atoms. The molecule has 1 aliphatic carbocycles. The van der Waals surface area contributed by atoms with Crippen molar-refractivity contribution in [3.05, 3.63) is 23.2 Å². The van der Waals surface area contributed by atoms with Gasteiger partial charge >= 0.3 is 0 Å². The highest BCUT2D eigenvalue weighted by atomic mass is 35.5. The van der Waals surface area contributed by atoms with E-state index in [4.69, 9.17) is 17.3 Å². The lowest BCUT2D eigenvalue weighted by Gasteiger charge is -2.50. The normalized spacial score (nSPS) is 22.4. The zero-order chi connectivity index (χ0) is 11.2. The SMILES string of the molecule is Nc1ccc(N2CC3(CCCC3)C2)c(Cl)c1. The molecule has 2 N–H and O–H groups in total. The van der Waals surface area contributed by atoms with Crippen LogP contribution < -0.4 is 10.6 Å². The van der Waals surface area contributed by atoms with Crippen molar-refractivity contribution in [2.75, 3.05) is 23.7 Å². The molecule has 0 amide bonds. The minimum absolute atomic E-state index is 0.616. The molecular formula is C13H17ClN2. The minimum Gasteiger partial charge on any atom is -0.399 e. The highest BCUT2D eigenvalue weighted by Crippen LogP contribution is 2.48. The van der Waals surface area contributed by atoms with Crippen LogP contribution in [0, 0.1) is 5.41 Å². The zero-order valence-electron chi connectivity index (χ0n) is 9.38. The van der Waals surface area contributed by atoms with Gasteiger partial charge in [0.05, 0.1) is 10.7 Å². The highest BCUT2D eigenvalue weighted by molar-refractivity contribution is 6.33. The summed E-state index contributed by atoms with van der Waals surface area (Å²) in [7, 11) is 0. The van der Waals surface area contributed by atoms with E-state index in [0.717, 1.165) is 16.4 Å². The summed E-state index contributed by atoms with van der Waals surface area (Å²) in [4.78, 5) is 2.38. The molecule has 2 nitrogen and oxygen atoms in total. The lowest BCUT2D eigenvalue weighted by molar-refractivity contribution is 0.222. The number of halogens is 1. The molecule has 2 aliphatic rings. The molecule has 0 aromatic heterocycles. The third-order valence-corrected chi connectivity index (χ3v) is 4.33. The van der Waals surface area contributed by atoms with Crippen molar-refractivity contribution in [3.8, 4) is 0 Å². The van der Waals surface area contributed by atoms with Crippen LogP contribution in [-0.2, 0) is 0 Å². The van der Waals surface area contributed by atoms with Gasteiger partial charge in [0, 0.05) is 24.2 Å².